The first-order valence-electron chi connectivity index (χ1n) is 5.00. The molecular formula is C12H15ClO2. The second-order valence-electron chi connectivity index (χ2n) is 3.70. The molecule has 0 radical (unpaired) electrons. The first-order chi connectivity index (χ1) is 6.99. The Kier molecular flexibility index (Phi) is 3.75. The Labute approximate surface area is 94.9 Å². The molecule has 1 aromatic rings. The van der Waals surface area contributed by atoms with E-state index in [1.54, 1.807) is 6.92 Å². The van der Waals surface area contributed by atoms with Crippen LogP contribution in [0.3, 0.4) is 0 Å². The van der Waals surface area contributed by atoms with Crippen molar-refractivity contribution in [3.63, 3.8) is 0 Å². The molecule has 0 fully saturated rings. The number of carbonyl (C=O) groups excluding carboxylic acids is 1. The number of ketones is 1. The third kappa shape index (κ3) is 2.32. The molecule has 0 aliphatic carbocycles. The number of aryl methyl sites for hydroxylation is 1. The molecule has 0 atom stereocenters. The summed E-state index contributed by atoms with van der Waals surface area (Å²) in [6, 6.07) is 1.54. The lowest BCUT2D eigenvalue weighted by Crippen LogP contribution is -2.03. The summed E-state index contributed by atoms with van der Waals surface area (Å²) < 4.78 is 0. The first-order valence-corrected chi connectivity index (χ1v) is 5.38. The number of benzene rings is 1. The van der Waals surface area contributed by atoms with Crippen molar-refractivity contribution < 1.29 is 9.90 Å². The molecule has 0 saturated carbocycles. The number of halogens is 1. The van der Waals surface area contributed by atoms with Gasteiger partial charge >= 0.3 is 0 Å². The van der Waals surface area contributed by atoms with Crippen LogP contribution in [0.4, 0.5) is 0 Å². The molecule has 3 heteroatoms. The average molecular weight is 227 g/mol. The van der Waals surface area contributed by atoms with Gasteiger partial charge in [-0.15, -0.1) is 0 Å². The van der Waals surface area contributed by atoms with E-state index in [4.69, 9.17) is 11.6 Å². The minimum Gasteiger partial charge on any atom is -0.507 e. The van der Waals surface area contributed by atoms with Gasteiger partial charge in [0.15, 0.2) is 5.78 Å². The molecule has 1 rings (SSSR count). The number of phenolic OH excluding ortho intramolecular Hbond substituents is 1. The highest BCUT2D eigenvalue weighted by Crippen LogP contribution is 2.31. The average Bonchev–Trinajstić information content (AvgIpc) is 2.15. The second-order valence-corrected chi connectivity index (χ2v) is 4.08. The lowest BCUT2D eigenvalue weighted by Gasteiger charge is -2.10. The van der Waals surface area contributed by atoms with Crippen molar-refractivity contribution in [2.24, 2.45) is 0 Å². The van der Waals surface area contributed by atoms with Crippen molar-refractivity contribution in [3.8, 4) is 5.75 Å². The Morgan fingerprint density at radius 3 is 2.60 bits per heavy atom. The molecule has 0 saturated heterocycles. The maximum absolute atomic E-state index is 11.7. The Morgan fingerprint density at radius 2 is 2.07 bits per heavy atom. The van der Waals surface area contributed by atoms with Crippen molar-refractivity contribution >= 4 is 17.4 Å². The van der Waals surface area contributed by atoms with Gasteiger partial charge in [0.05, 0.1) is 5.56 Å². The predicted octanol–water partition coefficient (Wildman–Crippen LogP) is 3.65. The van der Waals surface area contributed by atoms with Gasteiger partial charge in [0.1, 0.15) is 5.75 Å². The van der Waals surface area contributed by atoms with E-state index in [1.165, 1.54) is 6.07 Å². The van der Waals surface area contributed by atoms with Crippen LogP contribution in [0.25, 0.3) is 0 Å². The van der Waals surface area contributed by atoms with Gasteiger partial charge in [-0.3, -0.25) is 4.79 Å². The quantitative estimate of drug-likeness (QED) is 0.799. The van der Waals surface area contributed by atoms with Crippen LogP contribution in [0.5, 0.6) is 5.75 Å². The van der Waals surface area contributed by atoms with E-state index in [9.17, 15) is 9.90 Å². The summed E-state index contributed by atoms with van der Waals surface area (Å²) in [5, 5.41) is 10.3. The van der Waals surface area contributed by atoms with E-state index in [-0.39, 0.29) is 11.5 Å². The summed E-state index contributed by atoms with van der Waals surface area (Å²) in [6.07, 6.45) is 1.21. The highest BCUT2D eigenvalue weighted by atomic mass is 35.5. The van der Waals surface area contributed by atoms with Crippen molar-refractivity contribution in [2.75, 3.05) is 0 Å². The zero-order valence-corrected chi connectivity index (χ0v) is 9.98. The number of rotatable bonds is 3. The molecule has 2 nitrogen and oxygen atoms in total. The van der Waals surface area contributed by atoms with Crippen molar-refractivity contribution in [1.82, 2.24) is 0 Å². The third-order valence-electron chi connectivity index (χ3n) is 2.42. The molecule has 0 heterocycles. The maximum Gasteiger partial charge on any atom is 0.166 e. The minimum atomic E-state index is -0.0469. The predicted molar refractivity (Wildman–Crippen MR) is 61.8 cm³/mol. The van der Waals surface area contributed by atoms with Gasteiger partial charge in [-0.1, -0.05) is 18.5 Å². The Hall–Kier alpha value is -1.02. The van der Waals surface area contributed by atoms with Crippen molar-refractivity contribution in [3.05, 3.63) is 27.8 Å². The number of hydrogen-bond acceptors (Lipinski definition) is 2. The third-order valence-corrected chi connectivity index (χ3v) is 3.00. The summed E-state index contributed by atoms with van der Waals surface area (Å²) in [4.78, 5) is 11.7. The Balaban J connectivity index is 3.29. The number of hydrogen-bond donors (Lipinski definition) is 1. The summed E-state index contributed by atoms with van der Waals surface area (Å²) in [5.41, 5.74) is 1.83. The van der Waals surface area contributed by atoms with Crippen molar-refractivity contribution in [2.45, 2.75) is 33.6 Å². The number of phenols is 1. The van der Waals surface area contributed by atoms with Crippen LogP contribution in [0.2, 0.25) is 5.02 Å². The van der Waals surface area contributed by atoms with Crippen LogP contribution in [-0.2, 0) is 0 Å². The monoisotopic (exact) mass is 226 g/mol. The Bertz CT molecular complexity index is 397. The minimum absolute atomic E-state index is 0.0350. The molecule has 0 amide bonds. The van der Waals surface area contributed by atoms with Crippen LogP contribution in [-0.4, -0.2) is 10.9 Å². The van der Waals surface area contributed by atoms with Crippen LogP contribution < -0.4 is 0 Å². The van der Waals surface area contributed by atoms with Crippen LogP contribution in [0.1, 0.15) is 41.3 Å². The van der Waals surface area contributed by atoms with E-state index >= 15 is 0 Å². The SMILES string of the molecule is CCCC(=O)c1c(O)cc(C)c(Cl)c1C. The first kappa shape index (κ1) is 12.1. The standard InChI is InChI=1S/C12H15ClO2/c1-4-5-9(14)11-8(3)12(13)7(2)6-10(11)15/h6,15H,4-5H2,1-3H3. The molecule has 0 unspecified atom stereocenters. The van der Waals surface area contributed by atoms with E-state index in [0.717, 1.165) is 12.0 Å². The largest absolute Gasteiger partial charge is 0.507 e. The van der Waals surface area contributed by atoms with Gasteiger partial charge in [0, 0.05) is 11.4 Å². The second kappa shape index (κ2) is 4.67. The fourth-order valence-electron chi connectivity index (χ4n) is 1.64. The molecule has 82 valence electrons. The molecule has 0 aromatic heterocycles. The zero-order chi connectivity index (χ0) is 11.6. The highest BCUT2D eigenvalue weighted by molar-refractivity contribution is 6.32. The van der Waals surface area contributed by atoms with Gasteiger partial charge in [-0.2, -0.15) is 0 Å². The number of Topliss-reactive ketones (excluding diaryl/α,β-unsaturated/α-hetero) is 1. The number of carbonyl (C=O) groups is 1. The van der Waals surface area contributed by atoms with E-state index < -0.39 is 0 Å². The van der Waals surface area contributed by atoms with E-state index in [2.05, 4.69) is 0 Å². The summed E-state index contributed by atoms with van der Waals surface area (Å²) in [5.74, 6) is -0.0118. The summed E-state index contributed by atoms with van der Waals surface area (Å²) >= 11 is 6.04. The summed E-state index contributed by atoms with van der Waals surface area (Å²) in [7, 11) is 0. The van der Waals surface area contributed by atoms with Crippen LogP contribution in [0.15, 0.2) is 6.07 Å². The lowest BCUT2D eigenvalue weighted by molar-refractivity contribution is 0.0978. The van der Waals surface area contributed by atoms with E-state index in [1.807, 2.05) is 13.8 Å². The fraction of sp³-hybridized carbons (Fsp3) is 0.417. The Morgan fingerprint density at radius 1 is 1.47 bits per heavy atom. The van der Waals surface area contributed by atoms with Gasteiger partial charge in [0.25, 0.3) is 0 Å². The topological polar surface area (TPSA) is 37.3 Å². The van der Waals surface area contributed by atoms with Gasteiger partial charge in [0.2, 0.25) is 0 Å². The highest BCUT2D eigenvalue weighted by Gasteiger charge is 2.17. The molecule has 1 aromatic carbocycles. The van der Waals surface area contributed by atoms with Crippen LogP contribution in [0, 0.1) is 13.8 Å². The maximum atomic E-state index is 11.7. The summed E-state index contributed by atoms with van der Waals surface area (Å²) in [6.45, 7) is 5.50. The van der Waals surface area contributed by atoms with E-state index in [0.29, 0.717) is 22.6 Å². The van der Waals surface area contributed by atoms with Gasteiger partial charge in [-0.05, 0) is 37.5 Å². The molecule has 0 bridgehead atoms. The number of aromatic hydroxyl groups is 1. The molecule has 1 N–H and O–H groups in total. The lowest BCUT2D eigenvalue weighted by atomic mass is 9.98. The molecular weight excluding hydrogens is 212 g/mol. The zero-order valence-electron chi connectivity index (χ0n) is 9.22. The van der Waals surface area contributed by atoms with Gasteiger partial charge < -0.3 is 5.11 Å². The fourth-order valence-corrected chi connectivity index (χ4v) is 1.79. The smallest absolute Gasteiger partial charge is 0.166 e. The normalized spacial score (nSPS) is 10.4. The molecule has 15 heavy (non-hydrogen) atoms. The van der Waals surface area contributed by atoms with Crippen LogP contribution >= 0.6 is 11.6 Å². The molecule has 0 aliphatic rings. The molecule has 0 aliphatic heterocycles. The van der Waals surface area contributed by atoms with Gasteiger partial charge in [-0.25, -0.2) is 0 Å². The van der Waals surface area contributed by atoms with Crippen molar-refractivity contribution in [1.29, 1.82) is 0 Å². The molecule has 0 spiro atoms.